The van der Waals surface area contributed by atoms with Crippen LogP contribution in [0.3, 0.4) is 0 Å². The van der Waals surface area contributed by atoms with Crippen molar-refractivity contribution in [2.75, 3.05) is 0 Å². The summed E-state index contributed by atoms with van der Waals surface area (Å²) in [5.41, 5.74) is 2.67. The lowest BCUT2D eigenvalue weighted by Crippen LogP contribution is -1.83. The van der Waals surface area contributed by atoms with Crippen molar-refractivity contribution >= 4 is 0 Å². The summed E-state index contributed by atoms with van der Waals surface area (Å²) in [4.78, 5) is 0. The number of hydrogen-bond donors (Lipinski definition) is 0. The minimum absolute atomic E-state index is 1.22. The van der Waals surface area contributed by atoms with Gasteiger partial charge in [-0.3, -0.25) is 0 Å². The van der Waals surface area contributed by atoms with E-state index in [1.54, 1.807) is 6.08 Å². The lowest BCUT2D eigenvalue weighted by molar-refractivity contribution is 0.558. The summed E-state index contributed by atoms with van der Waals surface area (Å²) in [5.74, 6) is 0. The fourth-order valence-electron chi connectivity index (χ4n) is 2.09. The van der Waals surface area contributed by atoms with E-state index < -0.39 is 0 Å². The van der Waals surface area contributed by atoms with Crippen LogP contribution < -0.4 is 0 Å². The van der Waals surface area contributed by atoms with Gasteiger partial charge < -0.3 is 0 Å². The van der Waals surface area contributed by atoms with E-state index in [0.29, 0.717) is 0 Å². The van der Waals surface area contributed by atoms with E-state index in [-0.39, 0.29) is 0 Å². The molecule has 0 heteroatoms. The normalized spacial score (nSPS) is 9.55. The third-order valence-corrected chi connectivity index (χ3v) is 3.21. The molecule has 20 heavy (non-hydrogen) atoms. The molecular formula is C20H38. The van der Waals surface area contributed by atoms with Gasteiger partial charge in [-0.05, 0) is 46.5 Å². The molecular weight excluding hydrogens is 240 g/mol. The average Bonchev–Trinajstić information content (AvgIpc) is 2.36. The van der Waals surface area contributed by atoms with E-state index in [1.165, 1.54) is 81.8 Å². The van der Waals surface area contributed by atoms with E-state index in [1.807, 2.05) is 6.92 Å². The second kappa shape index (κ2) is 18.2. The van der Waals surface area contributed by atoms with Crippen molar-refractivity contribution in [2.24, 2.45) is 0 Å². The molecule has 0 bridgehead atoms. The SMILES string of the molecule is C=C(C)CCCCCCCCCCCC(=C)C.C=CC. The van der Waals surface area contributed by atoms with Gasteiger partial charge in [-0.1, -0.05) is 62.2 Å². The number of rotatable bonds is 12. The zero-order valence-electron chi connectivity index (χ0n) is 14.5. The summed E-state index contributed by atoms with van der Waals surface area (Å²) in [7, 11) is 0. The highest BCUT2D eigenvalue weighted by molar-refractivity contribution is 4.87. The lowest BCUT2D eigenvalue weighted by atomic mass is 10.0. The van der Waals surface area contributed by atoms with Crippen molar-refractivity contribution < 1.29 is 0 Å². The summed E-state index contributed by atoms with van der Waals surface area (Å²) >= 11 is 0. The smallest absolute Gasteiger partial charge is 0.0326 e. The van der Waals surface area contributed by atoms with E-state index in [2.05, 4.69) is 33.6 Å². The van der Waals surface area contributed by atoms with Gasteiger partial charge in [0.05, 0.1) is 0 Å². The lowest BCUT2D eigenvalue weighted by Gasteiger charge is -2.03. The van der Waals surface area contributed by atoms with Crippen LogP contribution in [0, 0.1) is 0 Å². The van der Waals surface area contributed by atoms with Crippen LogP contribution in [0.4, 0.5) is 0 Å². The second-order valence-corrected chi connectivity index (χ2v) is 6.00. The predicted octanol–water partition coefficient (Wildman–Crippen LogP) is 7.62. The first-order chi connectivity index (χ1) is 9.54. The maximum Gasteiger partial charge on any atom is -0.0326 e. The Hall–Kier alpha value is -0.780. The molecule has 0 saturated heterocycles. The molecule has 0 aromatic heterocycles. The molecule has 0 aliphatic rings. The molecule has 0 spiro atoms. The largest absolute Gasteiger partial charge is 0.103 e. The van der Waals surface area contributed by atoms with Gasteiger partial charge in [-0.2, -0.15) is 0 Å². The van der Waals surface area contributed by atoms with Gasteiger partial charge in [-0.25, -0.2) is 0 Å². The van der Waals surface area contributed by atoms with Gasteiger partial charge in [0.25, 0.3) is 0 Å². The van der Waals surface area contributed by atoms with E-state index in [9.17, 15) is 0 Å². The molecule has 118 valence electrons. The topological polar surface area (TPSA) is 0 Å². The van der Waals surface area contributed by atoms with Crippen molar-refractivity contribution in [3.05, 3.63) is 37.0 Å². The van der Waals surface area contributed by atoms with Gasteiger partial charge in [0, 0.05) is 0 Å². The summed E-state index contributed by atoms with van der Waals surface area (Å²) < 4.78 is 0. The molecule has 0 aromatic carbocycles. The van der Waals surface area contributed by atoms with Crippen LogP contribution in [-0.4, -0.2) is 0 Å². The third-order valence-electron chi connectivity index (χ3n) is 3.21. The first-order valence-corrected chi connectivity index (χ1v) is 8.40. The zero-order valence-corrected chi connectivity index (χ0v) is 14.5. The quantitative estimate of drug-likeness (QED) is 0.254. The van der Waals surface area contributed by atoms with Gasteiger partial charge >= 0.3 is 0 Å². The van der Waals surface area contributed by atoms with E-state index >= 15 is 0 Å². The summed E-state index contributed by atoms with van der Waals surface area (Å²) in [6, 6.07) is 0. The molecule has 0 heterocycles. The Labute approximate surface area is 129 Å². The zero-order chi connectivity index (χ0) is 15.6. The van der Waals surface area contributed by atoms with Crippen LogP contribution in [0.2, 0.25) is 0 Å². The number of hydrogen-bond acceptors (Lipinski definition) is 0. The van der Waals surface area contributed by atoms with Crippen molar-refractivity contribution in [2.45, 2.75) is 91.4 Å². The van der Waals surface area contributed by atoms with Crippen molar-refractivity contribution in [3.63, 3.8) is 0 Å². The van der Waals surface area contributed by atoms with Crippen molar-refractivity contribution in [3.8, 4) is 0 Å². The Morgan fingerprint density at radius 3 is 1.05 bits per heavy atom. The highest BCUT2D eigenvalue weighted by Gasteiger charge is 1.93. The molecule has 0 unspecified atom stereocenters. The van der Waals surface area contributed by atoms with Crippen LogP contribution in [-0.2, 0) is 0 Å². The van der Waals surface area contributed by atoms with Crippen molar-refractivity contribution in [1.29, 1.82) is 0 Å². The Morgan fingerprint density at radius 1 is 0.650 bits per heavy atom. The van der Waals surface area contributed by atoms with Gasteiger partial charge in [0.1, 0.15) is 0 Å². The summed E-state index contributed by atoms with van der Waals surface area (Å²) in [5, 5.41) is 0. The fourth-order valence-corrected chi connectivity index (χ4v) is 2.09. The molecule has 0 fully saturated rings. The molecule has 0 amide bonds. The first-order valence-electron chi connectivity index (χ1n) is 8.40. The molecule has 0 radical (unpaired) electrons. The Bertz CT molecular complexity index is 212. The van der Waals surface area contributed by atoms with Crippen LogP contribution in [0.1, 0.15) is 91.4 Å². The van der Waals surface area contributed by atoms with E-state index in [4.69, 9.17) is 0 Å². The Balaban J connectivity index is 0. The van der Waals surface area contributed by atoms with Crippen LogP contribution >= 0.6 is 0 Å². The molecule has 0 aliphatic carbocycles. The van der Waals surface area contributed by atoms with Gasteiger partial charge in [0.15, 0.2) is 0 Å². The van der Waals surface area contributed by atoms with Crippen LogP contribution in [0.25, 0.3) is 0 Å². The van der Waals surface area contributed by atoms with Gasteiger partial charge in [-0.15, -0.1) is 19.7 Å². The maximum atomic E-state index is 3.94. The Kier molecular flexibility index (Phi) is 19.6. The molecule has 0 N–H and O–H groups in total. The fraction of sp³-hybridized carbons (Fsp3) is 0.700. The number of allylic oxidation sites excluding steroid dienone is 3. The highest BCUT2D eigenvalue weighted by Crippen LogP contribution is 2.13. The van der Waals surface area contributed by atoms with Crippen molar-refractivity contribution in [1.82, 2.24) is 0 Å². The second-order valence-electron chi connectivity index (χ2n) is 6.00. The minimum Gasteiger partial charge on any atom is -0.103 e. The molecule has 0 aromatic rings. The molecule has 0 nitrogen and oxygen atoms in total. The van der Waals surface area contributed by atoms with Crippen LogP contribution in [0.5, 0.6) is 0 Å². The maximum absolute atomic E-state index is 3.94. The monoisotopic (exact) mass is 278 g/mol. The van der Waals surface area contributed by atoms with E-state index in [0.717, 1.165) is 0 Å². The molecule has 0 atom stereocenters. The molecule has 0 rings (SSSR count). The third kappa shape index (κ3) is 25.9. The highest BCUT2D eigenvalue weighted by atomic mass is 14.0. The first kappa shape index (κ1) is 21.5. The Morgan fingerprint density at radius 2 is 0.850 bits per heavy atom. The summed E-state index contributed by atoms with van der Waals surface area (Å²) in [6.45, 7) is 17.4. The number of unbranched alkanes of at least 4 members (excludes halogenated alkanes) is 8. The van der Waals surface area contributed by atoms with Crippen LogP contribution in [0.15, 0.2) is 37.0 Å². The molecule has 0 aliphatic heterocycles. The minimum atomic E-state index is 1.22. The molecule has 0 saturated carbocycles. The summed E-state index contributed by atoms with van der Waals surface area (Å²) in [6.07, 6.45) is 16.8. The van der Waals surface area contributed by atoms with Gasteiger partial charge in [0.2, 0.25) is 0 Å². The average molecular weight is 279 g/mol. The standard InChI is InChI=1S/C17H32.C3H6/c1-16(2)14-12-10-8-6-5-7-9-11-13-15-17(3)4;1-3-2/h1,3,5-15H2,2,4H3;3H,1H2,2H3. The predicted molar refractivity (Wildman–Crippen MR) is 96.3 cm³/mol.